The lowest BCUT2D eigenvalue weighted by Crippen LogP contribution is -2.34. The summed E-state index contributed by atoms with van der Waals surface area (Å²) in [5, 5.41) is 0.712. The Labute approximate surface area is 64.7 Å². The van der Waals surface area contributed by atoms with Crippen LogP contribution in [0.25, 0.3) is 0 Å². The van der Waals surface area contributed by atoms with Gasteiger partial charge < -0.3 is 9.47 Å². The van der Waals surface area contributed by atoms with Gasteiger partial charge in [-0.1, -0.05) is 22.9 Å². The van der Waals surface area contributed by atoms with Crippen molar-refractivity contribution in [3.63, 3.8) is 0 Å². The molecule has 0 radical (unpaired) electrons. The van der Waals surface area contributed by atoms with Crippen molar-refractivity contribution in [1.29, 1.82) is 0 Å². The quantitative estimate of drug-likeness (QED) is 0.505. The largest absolute Gasteiger partial charge is 0.352 e. The van der Waals surface area contributed by atoms with Crippen LogP contribution in [0.2, 0.25) is 0 Å². The van der Waals surface area contributed by atoms with Crippen LogP contribution < -0.4 is 0 Å². The van der Waals surface area contributed by atoms with Crippen LogP contribution >= 0.6 is 15.9 Å². The Morgan fingerprint density at radius 2 is 1.78 bits per heavy atom. The van der Waals surface area contributed by atoms with Gasteiger partial charge in [0.2, 0.25) is 0 Å². The molecule has 0 atom stereocenters. The molecule has 0 aromatic carbocycles. The standard InChI is InChI=1S/C6H13BrO2/c1-4-6(5-7,8-2)9-3/h4-5H2,1-3H3. The van der Waals surface area contributed by atoms with E-state index in [-0.39, 0.29) is 0 Å². The highest BCUT2D eigenvalue weighted by molar-refractivity contribution is 9.09. The molecular weight excluding hydrogens is 184 g/mol. The molecular formula is C6H13BrO2. The molecule has 0 saturated heterocycles. The molecule has 0 aliphatic heterocycles. The van der Waals surface area contributed by atoms with E-state index in [0.29, 0.717) is 5.33 Å². The van der Waals surface area contributed by atoms with E-state index in [1.54, 1.807) is 14.2 Å². The predicted octanol–water partition coefficient (Wildman–Crippen LogP) is 1.78. The number of ether oxygens (including phenoxy) is 2. The van der Waals surface area contributed by atoms with E-state index in [1.807, 2.05) is 6.92 Å². The summed E-state index contributed by atoms with van der Waals surface area (Å²) in [6.07, 6.45) is 0.852. The Morgan fingerprint density at radius 3 is 1.78 bits per heavy atom. The van der Waals surface area contributed by atoms with Gasteiger partial charge in [0, 0.05) is 14.2 Å². The lowest BCUT2D eigenvalue weighted by molar-refractivity contribution is -0.189. The lowest BCUT2D eigenvalue weighted by atomic mass is 10.2. The Bertz CT molecular complexity index is 53.9. The van der Waals surface area contributed by atoms with E-state index in [9.17, 15) is 0 Å². The SMILES string of the molecule is CCC(CBr)(OC)OC. The van der Waals surface area contributed by atoms with Gasteiger partial charge in [0.1, 0.15) is 0 Å². The number of halogens is 1. The normalized spacial score (nSPS) is 12.0. The predicted molar refractivity (Wildman–Crippen MR) is 40.8 cm³/mol. The van der Waals surface area contributed by atoms with Crippen LogP contribution in [0, 0.1) is 0 Å². The number of rotatable bonds is 4. The molecule has 0 amide bonds. The summed E-state index contributed by atoms with van der Waals surface area (Å²) in [4.78, 5) is 0. The highest BCUT2D eigenvalue weighted by atomic mass is 79.9. The average Bonchev–Trinajstić information content (AvgIpc) is 1.95. The molecule has 0 aromatic rings. The summed E-state index contributed by atoms with van der Waals surface area (Å²) < 4.78 is 10.2. The van der Waals surface area contributed by atoms with E-state index in [1.165, 1.54) is 0 Å². The van der Waals surface area contributed by atoms with Gasteiger partial charge in [0.15, 0.2) is 5.79 Å². The summed E-state index contributed by atoms with van der Waals surface area (Å²) in [5.41, 5.74) is 0. The molecule has 0 bridgehead atoms. The van der Waals surface area contributed by atoms with Crippen molar-refractivity contribution in [2.75, 3.05) is 19.5 Å². The molecule has 3 heteroatoms. The molecule has 0 aromatic heterocycles. The van der Waals surface area contributed by atoms with Crippen molar-refractivity contribution in [3.05, 3.63) is 0 Å². The first-order chi connectivity index (χ1) is 4.24. The maximum atomic E-state index is 5.12. The molecule has 0 saturated carbocycles. The summed E-state index contributed by atoms with van der Waals surface area (Å²) >= 11 is 3.30. The summed E-state index contributed by atoms with van der Waals surface area (Å²) in [6, 6.07) is 0. The van der Waals surface area contributed by atoms with Gasteiger partial charge in [-0.25, -0.2) is 0 Å². The van der Waals surface area contributed by atoms with Crippen LogP contribution in [0.1, 0.15) is 13.3 Å². The zero-order chi connectivity index (χ0) is 7.33. The Morgan fingerprint density at radius 1 is 1.33 bits per heavy atom. The van der Waals surface area contributed by atoms with Gasteiger partial charge in [-0.2, -0.15) is 0 Å². The third-order valence-electron chi connectivity index (χ3n) is 1.49. The van der Waals surface area contributed by atoms with Crippen molar-refractivity contribution >= 4 is 15.9 Å². The number of methoxy groups -OCH3 is 2. The third-order valence-corrected chi connectivity index (χ3v) is 2.34. The van der Waals surface area contributed by atoms with E-state index in [4.69, 9.17) is 9.47 Å². The molecule has 0 aliphatic carbocycles. The van der Waals surface area contributed by atoms with Crippen molar-refractivity contribution in [2.45, 2.75) is 19.1 Å². The molecule has 9 heavy (non-hydrogen) atoms. The van der Waals surface area contributed by atoms with E-state index < -0.39 is 5.79 Å². The molecule has 0 spiro atoms. The highest BCUT2D eigenvalue weighted by Gasteiger charge is 2.24. The number of hydrogen-bond acceptors (Lipinski definition) is 2. The minimum absolute atomic E-state index is 0.417. The van der Waals surface area contributed by atoms with Gasteiger partial charge in [0.25, 0.3) is 0 Å². The van der Waals surface area contributed by atoms with Crippen molar-refractivity contribution in [1.82, 2.24) is 0 Å². The monoisotopic (exact) mass is 196 g/mol. The van der Waals surface area contributed by atoms with Crippen LogP contribution in [0.3, 0.4) is 0 Å². The van der Waals surface area contributed by atoms with Crippen LogP contribution in [0.15, 0.2) is 0 Å². The molecule has 0 heterocycles. The third kappa shape index (κ3) is 2.24. The fourth-order valence-electron chi connectivity index (χ4n) is 0.576. The number of hydrogen-bond donors (Lipinski definition) is 0. The van der Waals surface area contributed by atoms with Gasteiger partial charge in [-0.05, 0) is 6.42 Å². The Hall–Kier alpha value is 0.400. The first-order valence-corrected chi connectivity index (χ1v) is 4.03. The van der Waals surface area contributed by atoms with Gasteiger partial charge >= 0.3 is 0 Å². The zero-order valence-corrected chi connectivity index (χ0v) is 7.69. The molecule has 0 unspecified atom stereocenters. The summed E-state index contributed by atoms with van der Waals surface area (Å²) in [6.45, 7) is 2.02. The second-order valence-electron chi connectivity index (χ2n) is 1.81. The molecule has 0 N–H and O–H groups in total. The maximum Gasteiger partial charge on any atom is 0.176 e. The van der Waals surface area contributed by atoms with Gasteiger partial charge in [0.05, 0.1) is 5.33 Å². The van der Waals surface area contributed by atoms with Crippen LogP contribution in [0.5, 0.6) is 0 Å². The van der Waals surface area contributed by atoms with E-state index in [2.05, 4.69) is 15.9 Å². The number of alkyl halides is 1. The van der Waals surface area contributed by atoms with Crippen molar-refractivity contribution < 1.29 is 9.47 Å². The van der Waals surface area contributed by atoms with Crippen LogP contribution in [0.4, 0.5) is 0 Å². The van der Waals surface area contributed by atoms with Crippen LogP contribution in [-0.4, -0.2) is 25.3 Å². The fourth-order valence-corrected chi connectivity index (χ4v) is 1.43. The zero-order valence-electron chi connectivity index (χ0n) is 6.11. The van der Waals surface area contributed by atoms with Gasteiger partial charge in [-0.3, -0.25) is 0 Å². The fraction of sp³-hybridized carbons (Fsp3) is 1.00. The van der Waals surface area contributed by atoms with Crippen LogP contribution in [-0.2, 0) is 9.47 Å². The lowest BCUT2D eigenvalue weighted by Gasteiger charge is -2.26. The molecule has 2 nitrogen and oxygen atoms in total. The molecule has 56 valence electrons. The second kappa shape index (κ2) is 4.25. The first-order valence-electron chi connectivity index (χ1n) is 2.91. The van der Waals surface area contributed by atoms with E-state index >= 15 is 0 Å². The minimum atomic E-state index is -0.417. The Balaban J connectivity index is 3.82. The maximum absolute atomic E-state index is 5.12. The summed E-state index contributed by atoms with van der Waals surface area (Å²) in [7, 11) is 3.29. The average molecular weight is 197 g/mol. The smallest absolute Gasteiger partial charge is 0.176 e. The highest BCUT2D eigenvalue weighted by Crippen LogP contribution is 2.17. The molecule has 0 aliphatic rings. The van der Waals surface area contributed by atoms with Crippen molar-refractivity contribution in [2.24, 2.45) is 0 Å². The summed E-state index contributed by atoms with van der Waals surface area (Å²) in [5.74, 6) is -0.417. The minimum Gasteiger partial charge on any atom is -0.352 e. The molecule has 0 rings (SSSR count). The van der Waals surface area contributed by atoms with Gasteiger partial charge in [-0.15, -0.1) is 0 Å². The van der Waals surface area contributed by atoms with Crippen molar-refractivity contribution in [3.8, 4) is 0 Å². The molecule has 0 fully saturated rings. The Kier molecular flexibility index (Phi) is 4.44. The first kappa shape index (κ1) is 9.40. The second-order valence-corrected chi connectivity index (χ2v) is 2.37. The van der Waals surface area contributed by atoms with E-state index in [0.717, 1.165) is 6.42 Å². The topological polar surface area (TPSA) is 18.5 Å².